The van der Waals surface area contributed by atoms with Gasteiger partial charge in [0.25, 0.3) is 0 Å². The van der Waals surface area contributed by atoms with Crippen LogP contribution in [-0.2, 0) is 11.3 Å². The summed E-state index contributed by atoms with van der Waals surface area (Å²) in [5.74, 6) is 0.0570. The second-order valence-corrected chi connectivity index (χ2v) is 5.94. The number of amides is 1. The molecule has 0 bridgehead atoms. The molecule has 4 nitrogen and oxygen atoms in total. The van der Waals surface area contributed by atoms with E-state index in [4.69, 9.17) is 5.11 Å². The molecule has 2 unspecified atom stereocenters. The Morgan fingerprint density at radius 3 is 3.06 bits per heavy atom. The zero-order valence-electron chi connectivity index (χ0n) is 10.6. The highest BCUT2D eigenvalue weighted by atomic mass is 32.2. The molecule has 0 fully saturated rings. The monoisotopic (exact) mass is 266 g/mol. The lowest BCUT2D eigenvalue weighted by Gasteiger charge is -2.22. The topological polar surface area (TPSA) is 61.4 Å². The maximum absolute atomic E-state index is 11.6. The first kappa shape index (κ1) is 13.4. The second kappa shape index (κ2) is 5.73. The van der Waals surface area contributed by atoms with Crippen molar-refractivity contribution in [2.24, 2.45) is 0 Å². The van der Waals surface area contributed by atoms with Crippen LogP contribution in [0.15, 0.2) is 23.1 Å². The molecule has 3 N–H and O–H groups in total. The Morgan fingerprint density at radius 1 is 1.56 bits per heavy atom. The van der Waals surface area contributed by atoms with Crippen molar-refractivity contribution in [2.75, 3.05) is 11.9 Å². The van der Waals surface area contributed by atoms with Crippen LogP contribution in [0.4, 0.5) is 5.69 Å². The summed E-state index contributed by atoms with van der Waals surface area (Å²) in [6.45, 7) is 4.91. The van der Waals surface area contributed by atoms with Gasteiger partial charge in [-0.2, -0.15) is 0 Å². The number of anilines is 1. The van der Waals surface area contributed by atoms with Gasteiger partial charge < -0.3 is 15.7 Å². The number of fused-ring (bicyclic) bond motifs is 1. The molecule has 5 heteroatoms. The van der Waals surface area contributed by atoms with E-state index in [9.17, 15) is 4.79 Å². The van der Waals surface area contributed by atoms with E-state index in [-0.39, 0.29) is 17.3 Å². The second-order valence-electron chi connectivity index (χ2n) is 4.56. The number of aliphatic hydroxyl groups excluding tert-OH is 1. The number of rotatable bonds is 4. The van der Waals surface area contributed by atoms with Crippen molar-refractivity contribution in [1.82, 2.24) is 5.32 Å². The minimum Gasteiger partial charge on any atom is -0.392 e. The smallest absolute Gasteiger partial charge is 0.237 e. The third-order valence-corrected chi connectivity index (χ3v) is 3.92. The van der Waals surface area contributed by atoms with E-state index in [1.54, 1.807) is 18.7 Å². The maximum atomic E-state index is 11.6. The lowest BCUT2D eigenvalue weighted by Crippen LogP contribution is -2.27. The van der Waals surface area contributed by atoms with Crippen molar-refractivity contribution in [2.45, 2.75) is 36.6 Å². The summed E-state index contributed by atoms with van der Waals surface area (Å²) < 4.78 is 0. The third kappa shape index (κ3) is 3.25. The normalized spacial score (nSPS) is 20.2. The predicted octanol–water partition coefficient (Wildman–Crippen LogP) is 1.59. The molecule has 18 heavy (non-hydrogen) atoms. The van der Waals surface area contributed by atoms with E-state index in [1.807, 2.05) is 25.1 Å². The van der Waals surface area contributed by atoms with Crippen molar-refractivity contribution >= 4 is 23.4 Å². The number of hydrogen-bond donors (Lipinski definition) is 3. The number of hydrogen-bond acceptors (Lipinski definition) is 4. The molecule has 2 atom stereocenters. The number of carbonyl (C=O) groups is 1. The van der Waals surface area contributed by atoms with E-state index in [1.165, 1.54) is 0 Å². The van der Waals surface area contributed by atoms with E-state index < -0.39 is 0 Å². The van der Waals surface area contributed by atoms with Crippen LogP contribution in [-0.4, -0.2) is 28.9 Å². The first-order chi connectivity index (χ1) is 8.56. The number of aliphatic hydroxyl groups is 1. The minimum atomic E-state index is -0.348. The molecule has 0 spiro atoms. The fraction of sp³-hybridized carbons (Fsp3) is 0.462. The summed E-state index contributed by atoms with van der Waals surface area (Å²) in [6.07, 6.45) is -0.348. The molecule has 0 saturated carbocycles. The Labute approximate surface area is 111 Å². The number of carbonyl (C=O) groups excluding carboxylic acids is 1. The SMILES string of the molecule is CC(O)CNCc1ccc2c(c1)NC(=O)C(C)S2. The van der Waals surface area contributed by atoms with Gasteiger partial charge in [-0.25, -0.2) is 0 Å². The van der Waals surface area contributed by atoms with Gasteiger partial charge in [-0.3, -0.25) is 4.79 Å². The molecular weight excluding hydrogens is 248 g/mol. The Kier molecular flexibility index (Phi) is 4.27. The Morgan fingerprint density at radius 2 is 2.33 bits per heavy atom. The van der Waals surface area contributed by atoms with Crippen molar-refractivity contribution < 1.29 is 9.90 Å². The Bertz CT molecular complexity index is 449. The highest BCUT2D eigenvalue weighted by molar-refractivity contribution is 8.00. The zero-order valence-corrected chi connectivity index (χ0v) is 11.4. The maximum Gasteiger partial charge on any atom is 0.237 e. The average molecular weight is 266 g/mol. The van der Waals surface area contributed by atoms with Crippen LogP contribution < -0.4 is 10.6 Å². The molecule has 1 aromatic carbocycles. The quantitative estimate of drug-likeness (QED) is 0.774. The third-order valence-electron chi connectivity index (χ3n) is 2.74. The lowest BCUT2D eigenvalue weighted by molar-refractivity contribution is -0.115. The molecule has 1 aliphatic rings. The Balaban J connectivity index is 2.03. The van der Waals surface area contributed by atoms with Crippen molar-refractivity contribution in [3.63, 3.8) is 0 Å². The van der Waals surface area contributed by atoms with Gasteiger partial charge in [0.05, 0.1) is 17.0 Å². The molecular formula is C13H18N2O2S. The molecule has 0 aliphatic carbocycles. The van der Waals surface area contributed by atoms with Crippen LogP contribution in [0.1, 0.15) is 19.4 Å². The van der Waals surface area contributed by atoms with Crippen LogP contribution >= 0.6 is 11.8 Å². The van der Waals surface area contributed by atoms with Crippen molar-refractivity contribution in [1.29, 1.82) is 0 Å². The molecule has 1 aromatic rings. The van der Waals surface area contributed by atoms with Gasteiger partial charge >= 0.3 is 0 Å². The minimum absolute atomic E-state index is 0.0308. The molecule has 1 heterocycles. The van der Waals surface area contributed by atoms with Gasteiger partial charge in [0.1, 0.15) is 0 Å². The van der Waals surface area contributed by atoms with Gasteiger partial charge in [-0.05, 0) is 31.5 Å². The molecule has 1 aliphatic heterocycles. The number of nitrogens with one attached hydrogen (secondary N) is 2. The van der Waals surface area contributed by atoms with Gasteiger partial charge in [0, 0.05) is 18.0 Å². The highest BCUT2D eigenvalue weighted by Gasteiger charge is 2.22. The summed E-state index contributed by atoms with van der Waals surface area (Å²) in [5.41, 5.74) is 1.99. The fourth-order valence-corrected chi connectivity index (χ4v) is 2.72. The van der Waals surface area contributed by atoms with Crippen LogP contribution in [0.5, 0.6) is 0 Å². The number of benzene rings is 1. The molecule has 98 valence electrons. The lowest BCUT2D eigenvalue weighted by atomic mass is 10.2. The fourth-order valence-electron chi connectivity index (χ4n) is 1.79. The molecule has 1 amide bonds. The summed E-state index contributed by atoms with van der Waals surface area (Å²) >= 11 is 1.58. The van der Waals surface area contributed by atoms with E-state index in [0.717, 1.165) is 16.1 Å². The standard InChI is InChI=1S/C13H18N2O2S/c1-8(16)6-14-7-10-3-4-12-11(5-10)15-13(17)9(2)18-12/h3-5,8-9,14,16H,6-7H2,1-2H3,(H,15,17). The average Bonchev–Trinajstić information content (AvgIpc) is 2.30. The van der Waals surface area contributed by atoms with Crippen LogP contribution in [0.3, 0.4) is 0 Å². The van der Waals surface area contributed by atoms with Gasteiger partial charge in [-0.1, -0.05) is 6.07 Å². The van der Waals surface area contributed by atoms with Gasteiger partial charge in [0.15, 0.2) is 0 Å². The van der Waals surface area contributed by atoms with E-state index in [0.29, 0.717) is 13.1 Å². The van der Waals surface area contributed by atoms with Gasteiger partial charge in [-0.15, -0.1) is 11.8 Å². The zero-order chi connectivity index (χ0) is 13.1. The molecule has 2 rings (SSSR count). The van der Waals surface area contributed by atoms with E-state index >= 15 is 0 Å². The Hall–Kier alpha value is -1.04. The summed E-state index contributed by atoms with van der Waals surface area (Å²) in [4.78, 5) is 12.7. The molecule has 0 aromatic heterocycles. The van der Waals surface area contributed by atoms with Gasteiger partial charge in [0.2, 0.25) is 5.91 Å². The van der Waals surface area contributed by atoms with Crippen LogP contribution in [0.25, 0.3) is 0 Å². The first-order valence-corrected chi connectivity index (χ1v) is 6.93. The van der Waals surface area contributed by atoms with Crippen molar-refractivity contribution in [3.8, 4) is 0 Å². The highest BCUT2D eigenvalue weighted by Crippen LogP contribution is 2.35. The van der Waals surface area contributed by atoms with Crippen LogP contribution in [0, 0.1) is 0 Å². The molecule has 0 saturated heterocycles. The molecule has 0 radical (unpaired) electrons. The largest absolute Gasteiger partial charge is 0.392 e. The predicted molar refractivity (Wildman–Crippen MR) is 73.8 cm³/mol. The van der Waals surface area contributed by atoms with Crippen LogP contribution in [0.2, 0.25) is 0 Å². The first-order valence-electron chi connectivity index (χ1n) is 6.05. The van der Waals surface area contributed by atoms with Crippen molar-refractivity contribution in [3.05, 3.63) is 23.8 Å². The number of thioether (sulfide) groups is 1. The summed E-state index contributed by atoms with van der Waals surface area (Å²) in [7, 11) is 0. The summed E-state index contributed by atoms with van der Waals surface area (Å²) in [6, 6.07) is 6.07. The summed E-state index contributed by atoms with van der Waals surface area (Å²) in [5, 5.41) is 15.2. The van der Waals surface area contributed by atoms with E-state index in [2.05, 4.69) is 10.6 Å².